The molecule has 1 amide bonds. The van der Waals surface area contributed by atoms with Crippen molar-refractivity contribution in [2.24, 2.45) is 0 Å². The summed E-state index contributed by atoms with van der Waals surface area (Å²) in [5.74, 6) is 0.479. The van der Waals surface area contributed by atoms with E-state index in [0.29, 0.717) is 24.6 Å². The standard InChI is InChI=1S/C28H28N4O2/c1-19-7-6-10-23(28(33)31(2)22-8-4-3-5-9-22)26(19)20-11-12-24-21(17-20)18-25(27(29)30-24)32-13-15-34-16-14-32/h3-12,17-18H,13-16H2,1-2H3,(H2,29,30). The molecule has 0 radical (unpaired) electrons. The number of anilines is 3. The zero-order valence-electron chi connectivity index (χ0n) is 19.5. The largest absolute Gasteiger partial charge is 0.382 e. The van der Waals surface area contributed by atoms with E-state index in [0.717, 1.165) is 52.1 Å². The summed E-state index contributed by atoms with van der Waals surface area (Å²) in [6.07, 6.45) is 0. The van der Waals surface area contributed by atoms with E-state index >= 15 is 0 Å². The molecule has 172 valence electrons. The van der Waals surface area contributed by atoms with Crippen LogP contribution in [0.25, 0.3) is 22.0 Å². The molecule has 2 N–H and O–H groups in total. The highest BCUT2D eigenvalue weighted by Crippen LogP contribution is 2.34. The zero-order valence-corrected chi connectivity index (χ0v) is 19.5. The van der Waals surface area contributed by atoms with E-state index in [-0.39, 0.29) is 5.91 Å². The number of rotatable bonds is 4. The number of hydrogen-bond acceptors (Lipinski definition) is 5. The van der Waals surface area contributed by atoms with Crippen LogP contribution in [0.1, 0.15) is 15.9 Å². The van der Waals surface area contributed by atoms with Crippen LogP contribution in [0.4, 0.5) is 17.2 Å². The van der Waals surface area contributed by atoms with Crippen LogP contribution in [-0.2, 0) is 4.74 Å². The van der Waals surface area contributed by atoms with Gasteiger partial charge < -0.3 is 20.3 Å². The second-order valence-electron chi connectivity index (χ2n) is 8.60. The van der Waals surface area contributed by atoms with Crippen molar-refractivity contribution in [3.05, 3.63) is 83.9 Å². The van der Waals surface area contributed by atoms with Gasteiger partial charge in [0.2, 0.25) is 0 Å². The Morgan fingerprint density at radius 1 is 1.00 bits per heavy atom. The molecule has 1 saturated heterocycles. The van der Waals surface area contributed by atoms with Gasteiger partial charge in [0.25, 0.3) is 5.91 Å². The summed E-state index contributed by atoms with van der Waals surface area (Å²) in [6, 6.07) is 23.8. The number of nitrogens with zero attached hydrogens (tertiary/aromatic N) is 3. The molecule has 3 aromatic carbocycles. The number of pyridine rings is 1. The van der Waals surface area contributed by atoms with Gasteiger partial charge >= 0.3 is 0 Å². The molecule has 5 rings (SSSR count). The lowest BCUT2D eigenvalue weighted by molar-refractivity contribution is 0.0993. The van der Waals surface area contributed by atoms with Gasteiger partial charge in [-0.2, -0.15) is 0 Å². The number of fused-ring (bicyclic) bond motifs is 1. The first-order chi connectivity index (χ1) is 16.5. The average molecular weight is 453 g/mol. The minimum Gasteiger partial charge on any atom is -0.382 e. The fraction of sp³-hybridized carbons (Fsp3) is 0.214. The third kappa shape index (κ3) is 4.08. The SMILES string of the molecule is Cc1cccc(C(=O)N(C)c2ccccc2)c1-c1ccc2nc(N)c(N3CCOCC3)cc2c1. The van der Waals surface area contributed by atoms with Gasteiger partial charge in [0.1, 0.15) is 5.82 Å². The van der Waals surface area contributed by atoms with E-state index in [1.807, 2.05) is 74.6 Å². The van der Waals surface area contributed by atoms with Crippen LogP contribution in [0.5, 0.6) is 0 Å². The summed E-state index contributed by atoms with van der Waals surface area (Å²) in [5.41, 5.74) is 12.5. The molecule has 2 heterocycles. The smallest absolute Gasteiger partial charge is 0.258 e. The molecule has 1 fully saturated rings. The molecule has 1 aliphatic rings. The first kappa shape index (κ1) is 21.9. The minimum atomic E-state index is -0.0468. The highest BCUT2D eigenvalue weighted by Gasteiger charge is 2.20. The summed E-state index contributed by atoms with van der Waals surface area (Å²) < 4.78 is 5.49. The Morgan fingerprint density at radius 3 is 2.53 bits per heavy atom. The van der Waals surface area contributed by atoms with Gasteiger partial charge in [-0.25, -0.2) is 4.98 Å². The fourth-order valence-corrected chi connectivity index (χ4v) is 4.57. The maximum Gasteiger partial charge on any atom is 0.258 e. The molecule has 0 bridgehead atoms. The van der Waals surface area contributed by atoms with Gasteiger partial charge in [0, 0.05) is 36.8 Å². The Kier molecular flexibility index (Phi) is 5.90. The van der Waals surface area contributed by atoms with Crippen molar-refractivity contribution in [2.45, 2.75) is 6.92 Å². The Bertz CT molecular complexity index is 1350. The number of benzene rings is 3. The highest BCUT2D eigenvalue weighted by molar-refractivity contribution is 6.10. The van der Waals surface area contributed by atoms with Gasteiger partial charge in [-0.15, -0.1) is 0 Å². The van der Waals surface area contributed by atoms with Crippen LogP contribution in [0.15, 0.2) is 72.8 Å². The van der Waals surface area contributed by atoms with Crippen molar-refractivity contribution < 1.29 is 9.53 Å². The van der Waals surface area contributed by atoms with E-state index in [1.165, 1.54) is 0 Å². The molecule has 0 atom stereocenters. The maximum atomic E-state index is 13.5. The summed E-state index contributed by atoms with van der Waals surface area (Å²) >= 11 is 0. The number of aryl methyl sites for hydroxylation is 1. The number of morpholine rings is 1. The van der Waals surface area contributed by atoms with E-state index < -0.39 is 0 Å². The van der Waals surface area contributed by atoms with Crippen LogP contribution in [0.2, 0.25) is 0 Å². The van der Waals surface area contributed by atoms with E-state index in [9.17, 15) is 4.79 Å². The third-order valence-electron chi connectivity index (χ3n) is 6.41. The Hall–Kier alpha value is -3.90. The molecule has 34 heavy (non-hydrogen) atoms. The van der Waals surface area contributed by atoms with E-state index in [2.05, 4.69) is 22.0 Å². The van der Waals surface area contributed by atoms with Crippen LogP contribution in [0, 0.1) is 6.92 Å². The Morgan fingerprint density at radius 2 is 1.76 bits per heavy atom. The normalized spacial score (nSPS) is 13.8. The summed E-state index contributed by atoms with van der Waals surface area (Å²) in [4.78, 5) is 22.1. The molecular weight excluding hydrogens is 424 g/mol. The zero-order chi connectivity index (χ0) is 23.7. The summed E-state index contributed by atoms with van der Waals surface area (Å²) in [7, 11) is 1.81. The number of aromatic nitrogens is 1. The second kappa shape index (κ2) is 9.15. The van der Waals surface area contributed by atoms with Crippen molar-refractivity contribution >= 4 is 34.0 Å². The molecule has 6 heteroatoms. The lowest BCUT2D eigenvalue weighted by Crippen LogP contribution is -2.36. The third-order valence-corrected chi connectivity index (χ3v) is 6.41. The van der Waals surface area contributed by atoms with Crippen LogP contribution >= 0.6 is 0 Å². The van der Waals surface area contributed by atoms with Crippen molar-refractivity contribution in [1.82, 2.24) is 4.98 Å². The second-order valence-corrected chi connectivity index (χ2v) is 8.60. The predicted molar refractivity (Wildman–Crippen MR) is 139 cm³/mol. The molecule has 1 aliphatic heterocycles. The average Bonchev–Trinajstić information content (AvgIpc) is 2.88. The first-order valence-electron chi connectivity index (χ1n) is 11.5. The monoisotopic (exact) mass is 452 g/mol. The van der Waals surface area contributed by atoms with Crippen molar-refractivity contribution in [2.75, 3.05) is 48.9 Å². The minimum absolute atomic E-state index is 0.0468. The Labute approximate surface area is 199 Å². The lowest BCUT2D eigenvalue weighted by atomic mass is 9.93. The van der Waals surface area contributed by atoms with Gasteiger partial charge in [0.05, 0.1) is 24.4 Å². The fourth-order valence-electron chi connectivity index (χ4n) is 4.57. The predicted octanol–water partition coefficient (Wildman–Crippen LogP) is 4.91. The number of carbonyl (C=O) groups is 1. The number of nitrogens with two attached hydrogens (primary N) is 1. The maximum absolute atomic E-state index is 13.5. The molecular formula is C28H28N4O2. The number of hydrogen-bond donors (Lipinski definition) is 1. The summed E-state index contributed by atoms with van der Waals surface area (Å²) in [6.45, 7) is 4.99. The Balaban J connectivity index is 1.58. The molecule has 0 aliphatic carbocycles. The van der Waals surface area contributed by atoms with Crippen molar-refractivity contribution in [3.63, 3.8) is 0 Å². The molecule has 6 nitrogen and oxygen atoms in total. The van der Waals surface area contributed by atoms with Crippen molar-refractivity contribution in [3.8, 4) is 11.1 Å². The van der Waals surface area contributed by atoms with Gasteiger partial charge in [-0.3, -0.25) is 4.79 Å². The first-order valence-corrected chi connectivity index (χ1v) is 11.5. The van der Waals surface area contributed by atoms with Crippen molar-refractivity contribution in [1.29, 1.82) is 0 Å². The van der Waals surface area contributed by atoms with Gasteiger partial charge in [-0.1, -0.05) is 36.4 Å². The van der Waals surface area contributed by atoms with Gasteiger partial charge in [-0.05, 0) is 60.0 Å². The topological polar surface area (TPSA) is 71.7 Å². The molecule has 0 unspecified atom stereocenters. The van der Waals surface area contributed by atoms with E-state index in [1.54, 1.807) is 4.90 Å². The van der Waals surface area contributed by atoms with Crippen LogP contribution < -0.4 is 15.5 Å². The molecule has 1 aromatic heterocycles. The lowest BCUT2D eigenvalue weighted by Gasteiger charge is -2.29. The van der Waals surface area contributed by atoms with E-state index in [4.69, 9.17) is 10.5 Å². The molecule has 0 saturated carbocycles. The number of amides is 1. The molecule has 0 spiro atoms. The highest BCUT2D eigenvalue weighted by atomic mass is 16.5. The number of ether oxygens (including phenoxy) is 1. The summed E-state index contributed by atoms with van der Waals surface area (Å²) in [5, 5.41) is 0.992. The number of para-hydroxylation sites is 1. The van der Waals surface area contributed by atoms with Gasteiger partial charge in [0.15, 0.2) is 0 Å². The number of carbonyl (C=O) groups excluding carboxylic acids is 1. The van der Waals surface area contributed by atoms with Crippen LogP contribution in [0.3, 0.4) is 0 Å². The quantitative estimate of drug-likeness (QED) is 0.477. The van der Waals surface area contributed by atoms with Crippen LogP contribution in [-0.4, -0.2) is 44.2 Å². The molecule has 4 aromatic rings. The number of nitrogen functional groups attached to an aromatic ring is 1.